The fourth-order valence-electron chi connectivity index (χ4n) is 2.04. The molecule has 0 amide bonds. The van der Waals surface area contributed by atoms with E-state index >= 15 is 0 Å². The lowest BCUT2D eigenvalue weighted by atomic mass is 9.91. The number of methoxy groups -OCH3 is 2. The molecule has 0 saturated carbocycles. The average Bonchev–Trinajstić information content (AvgIpc) is 2.36. The van der Waals surface area contributed by atoms with E-state index in [-0.39, 0.29) is 12.3 Å². The third-order valence-electron chi connectivity index (χ3n) is 3.22. The lowest BCUT2D eigenvalue weighted by molar-refractivity contribution is -0.138. The SMILES string of the molecule is COc1cc(C(N)C(C)CC(=O)O)c(OC)cc1C. The van der Waals surface area contributed by atoms with Crippen LogP contribution in [0.15, 0.2) is 12.1 Å². The van der Waals surface area contributed by atoms with Crippen molar-refractivity contribution < 1.29 is 19.4 Å². The summed E-state index contributed by atoms with van der Waals surface area (Å²) in [5.74, 6) is 0.316. The summed E-state index contributed by atoms with van der Waals surface area (Å²) in [5.41, 5.74) is 7.85. The van der Waals surface area contributed by atoms with Crippen LogP contribution in [-0.2, 0) is 4.79 Å². The Hall–Kier alpha value is -1.75. The summed E-state index contributed by atoms with van der Waals surface area (Å²) < 4.78 is 10.6. The van der Waals surface area contributed by atoms with Crippen molar-refractivity contribution in [3.8, 4) is 11.5 Å². The molecule has 5 nitrogen and oxygen atoms in total. The van der Waals surface area contributed by atoms with Crippen molar-refractivity contribution in [3.05, 3.63) is 23.3 Å². The van der Waals surface area contributed by atoms with Crippen LogP contribution in [0.25, 0.3) is 0 Å². The molecular weight excluding hydrogens is 246 g/mol. The summed E-state index contributed by atoms with van der Waals surface area (Å²) in [7, 11) is 3.16. The molecule has 0 fully saturated rings. The van der Waals surface area contributed by atoms with Gasteiger partial charge in [0.25, 0.3) is 0 Å². The molecular formula is C14H21NO4. The lowest BCUT2D eigenvalue weighted by Crippen LogP contribution is -2.22. The molecule has 1 aromatic carbocycles. The minimum absolute atomic E-state index is 0.0144. The number of hydrogen-bond acceptors (Lipinski definition) is 4. The Morgan fingerprint density at radius 3 is 2.37 bits per heavy atom. The molecule has 5 heteroatoms. The third kappa shape index (κ3) is 3.61. The molecule has 0 bridgehead atoms. The van der Waals surface area contributed by atoms with Crippen LogP contribution < -0.4 is 15.2 Å². The average molecular weight is 267 g/mol. The molecule has 0 aliphatic rings. The van der Waals surface area contributed by atoms with Gasteiger partial charge in [0.05, 0.1) is 14.2 Å². The van der Waals surface area contributed by atoms with E-state index in [2.05, 4.69) is 0 Å². The predicted octanol–water partition coefficient (Wildman–Crippen LogP) is 2.12. The molecule has 0 spiro atoms. The monoisotopic (exact) mass is 267 g/mol. The van der Waals surface area contributed by atoms with Gasteiger partial charge in [-0.05, 0) is 30.5 Å². The summed E-state index contributed by atoms with van der Waals surface area (Å²) in [5, 5.41) is 8.84. The van der Waals surface area contributed by atoms with E-state index in [4.69, 9.17) is 20.3 Å². The lowest BCUT2D eigenvalue weighted by Gasteiger charge is -2.22. The van der Waals surface area contributed by atoms with Crippen LogP contribution >= 0.6 is 0 Å². The highest BCUT2D eigenvalue weighted by atomic mass is 16.5. The predicted molar refractivity (Wildman–Crippen MR) is 72.6 cm³/mol. The Balaban J connectivity index is 3.13. The number of aryl methyl sites for hydroxylation is 1. The van der Waals surface area contributed by atoms with Crippen molar-refractivity contribution in [2.45, 2.75) is 26.3 Å². The van der Waals surface area contributed by atoms with Gasteiger partial charge in [-0.1, -0.05) is 6.92 Å². The Bertz CT molecular complexity index is 459. The number of rotatable bonds is 6. The Morgan fingerprint density at radius 1 is 1.32 bits per heavy atom. The summed E-state index contributed by atoms with van der Waals surface area (Å²) in [6.07, 6.45) is 0.0144. The fourth-order valence-corrected chi connectivity index (χ4v) is 2.04. The molecule has 0 aromatic heterocycles. The van der Waals surface area contributed by atoms with Crippen LogP contribution in [0.4, 0.5) is 0 Å². The summed E-state index contributed by atoms with van der Waals surface area (Å²) >= 11 is 0. The minimum atomic E-state index is -0.860. The van der Waals surface area contributed by atoms with Gasteiger partial charge in [0.15, 0.2) is 0 Å². The van der Waals surface area contributed by atoms with Crippen molar-refractivity contribution in [1.82, 2.24) is 0 Å². The second kappa shape index (κ2) is 6.43. The maximum Gasteiger partial charge on any atom is 0.303 e. The second-order valence-electron chi connectivity index (χ2n) is 4.66. The van der Waals surface area contributed by atoms with Gasteiger partial charge in [-0.2, -0.15) is 0 Å². The number of ether oxygens (including phenoxy) is 2. The van der Waals surface area contributed by atoms with E-state index in [9.17, 15) is 4.79 Å². The normalized spacial score (nSPS) is 13.7. The van der Waals surface area contributed by atoms with E-state index in [0.717, 1.165) is 11.1 Å². The standard InChI is InChI=1S/C14H21NO4/c1-8-5-12(19-4)10(7-11(8)18-3)14(15)9(2)6-13(16)17/h5,7,9,14H,6,15H2,1-4H3,(H,16,17). The minimum Gasteiger partial charge on any atom is -0.496 e. The quantitative estimate of drug-likeness (QED) is 0.825. The van der Waals surface area contributed by atoms with Gasteiger partial charge in [0, 0.05) is 18.0 Å². The number of hydrogen-bond donors (Lipinski definition) is 2. The van der Waals surface area contributed by atoms with Gasteiger partial charge in [0.1, 0.15) is 11.5 Å². The Kier molecular flexibility index (Phi) is 5.18. The first-order chi connectivity index (χ1) is 8.90. The Labute approximate surface area is 113 Å². The summed E-state index contributed by atoms with van der Waals surface area (Å²) in [4.78, 5) is 10.8. The number of aliphatic carboxylic acids is 1. The molecule has 19 heavy (non-hydrogen) atoms. The number of carbonyl (C=O) groups is 1. The van der Waals surface area contributed by atoms with E-state index in [1.165, 1.54) is 0 Å². The zero-order chi connectivity index (χ0) is 14.6. The molecule has 0 saturated heterocycles. The highest BCUT2D eigenvalue weighted by molar-refractivity contribution is 5.67. The first-order valence-electron chi connectivity index (χ1n) is 6.10. The van der Waals surface area contributed by atoms with Gasteiger partial charge in [-0.3, -0.25) is 4.79 Å². The van der Waals surface area contributed by atoms with Gasteiger partial charge < -0.3 is 20.3 Å². The van der Waals surface area contributed by atoms with Crippen molar-refractivity contribution in [3.63, 3.8) is 0 Å². The molecule has 1 rings (SSSR count). The molecule has 2 unspecified atom stereocenters. The van der Waals surface area contributed by atoms with Crippen molar-refractivity contribution in [2.75, 3.05) is 14.2 Å². The maximum absolute atomic E-state index is 10.8. The first-order valence-corrected chi connectivity index (χ1v) is 6.10. The number of benzene rings is 1. The number of carboxylic acids is 1. The molecule has 0 aliphatic heterocycles. The fraction of sp³-hybridized carbons (Fsp3) is 0.500. The van der Waals surface area contributed by atoms with E-state index in [1.54, 1.807) is 14.2 Å². The number of nitrogens with two attached hydrogens (primary N) is 1. The highest BCUT2D eigenvalue weighted by Gasteiger charge is 2.22. The largest absolute Gasteiger partial charge is 0.496 e. The molecule has 3 N–H and O–H groups in total. The van der Waals surface area contributed by atoms with Crippen LogP contribution in [0.1, 0.15) is 30.5 Å². The van der Waals surface area contributed by atoms with E-state index in [0.29, 0.717) is 11.5 Å². The molecule has 2 atom stereocenters. The van der Waals surface area contributed by atoms with Crippen molar-refractivity contribution >= 4 is 5.97 Å². The van der Waals surface area contributed by atoms with Crippen LogP contribution in [-0.4, -0.2) is 25.3 Å². The van der Waals surface area contributed by atoms with Crippen LogP contribution in [0.3, 0.4) is 0 Å². The first kappa shape index (κ1) is 15.3. The molecule has 1 aromatic rings. The molecule has 0 heterocycles. The van der Waals surface area contributed by atoms with Crippen molar-refractivity contribution in [1.29, 1.82) is 0 Å². The topological polar surface area (TPSA) is 81.8 Å². The van der Waals surface area contributed by atoms with Gasteiger partial charge >= 0.3 is 5.97 Å². The molecule has 106 valence electrons. The van der Waals surface area contributed by atoms with Gasteiger partial charge in [-0.25, -0.2) is 0 Å². The molecule has 0 aliphatic carbocycles. The van der Waals surface area contributed by atoms with E-state index in [1.807, 2.05) is 26.0 Å². The summed E-state index contributed by atoms with van der Waals surface area (Å²) in [6, 6.07) is 3.25. The number of carboxylic acid groups (broad SMARTS) is 1. The second-order valence-corrected chi connectivity index (χ2v) is 4.66. The van der Waals surface area contributed by atoms with Crippen LogP contribution in [0.5, 0.6) is 11.5 Å². The third-order valence-corrected chi connectivity index (χ3v) is 3.22. The molecule has 0 radical (unpaired) electrons. The smallest absolute Gasteiger partial charge is 0.303 e. The van der Waals surface area contributed by atoms with Crippen LogP contribution in [0.2, 0.25) is 0 Å². The van der Waals surface area contributed by atoms with Crippen LogP contribution in [0, 0.1) is 12.8 Å². The summed E-state index contributed by atoms with van der Waals surface area (Å²) in [6.45, 7) is 3.72. The zero-order valence-electron chi connectivity index (χ0n) is 11.8. The van der Waals surface area contributed by atoms with Gasteiger partial charge in [-0.15, -0.1) is 0 Å². The van der Waals surface area contributed by atoms with E-state index < -0.39 is 12.0 Å². The Morgan fingerprint density at radius 2 is 1.89 bits per heavy atom. The van der Waals surface area contributed by atoms with Gasteiger partial charge in [0.2, 0.25) is 0 Å². The highest BCUT2D eigenvalue weighted by Crippen LogP contribution is 2.35. The van der Waals surface area contributed by atoms with Crippen molar-refractivity contribution in [2.24, 2.45) is 11.7 Å². The zero-order valence-corrected chi connectivity index (χ0v) is 11.8. The maximum atomic E-state index is 10.8.